The van der Waals surface area contributed by atoms with Crippen LogP contribution >= 0.6 is 7.26 Å². The summed E-state index contributed by atoms with van der Waals surface area (Å²) in [6.07, 6.45) is 0. The third-order valence-electron chi connectivity index (χ3n) is 3.82. The van der Waals surface area contributed by atoms with Crippen LogP contribution in [-0.2, 0) is 0 Å². The van der Waals surface area contributed by atoms with Gasteiger partial charge in [0.2, 0.25) is 0 Å². The molecule has 3 aromatic rings. The third kappa shape index (κ3) is 5.97. The molecule has 0 aliphatic carbocycles. The first kappa shape index (κ1) is 23.9. The number of benzene rings is 3. The topological polar surface area (TPSA) is 58.7 Å². The molecule has 0 atom stereocenters. The molecule has 0 aliphatic rings. The van der Waals surface area contributed by atoms with E-state index in [4.69, 9.17) is 11.1 Å². The van der Waals surface area contributed by atoms with Gasteiger partial charge in [-0.1, -0.05) is 54.6 Å². The van der Waals surface area contributed by atoms with E-state index >= 15 is 0 Å². The summed E-state index contributed by atoms with van der Waals surface area (Å²) in [4.78, 5) is 1.50. The molecule has 6 heteroatoms. The molecule has 0 N–H and O–H groups in total. The van der Waals surface area contributed by atoms with Gasteiger partial charge < -0.3 is 28.0 Å². The molecule has 0 saturated heterocycles. The first-order valence-electron chi connectivity index (χ1n) is 7.25. The van der Waals surface area contributed by atoms with Gasteiger partial charge in [-0.2, -0.15) is 0 Å². The minimum Gasteiger partial charge on any atom is -1.00 e. The fourth-order valence-corrected chi connectivity index (χ4v) is 5.83. The van der Waals surface area contributed by atoms with Crippen LogP contribution < -0.4 is 62.5 Å². The van der Waals surface area contributed by atoms with Crippen molar-refractivity contribution in [2.45, 2.75) is 0 Å². The Hall–Kier alpha value is -1.12. The van der Waals surface area contributed by atoms with E-state index in [2.05, 4.69) is 97.7 Å². The van der Waals surface area contributed by atoms with Gasteiger partial charge in [0.25, 0.3) is 0 Å². The molecule has 3 rings (SSSR count). The third-order valence-corrected chi connectivity index (χ3v) is 7.81. The van der Waals surface area contributed by atoms with Crippen molar-refractivity contribution < 1.29 is 46.5 Å². The van der Waals surface area contributed by atoms with Gasteiger partial charge in [0.05, 0.1) is 6.66 Å². The van der Waals surface area contributed by atoms with Gasteiger partial charge in [0, 0.05) is 0 Å². The molecule has 0 heterocycles. The predicted molar refractivity (Wildman–Crippen MR) is 101 cm³/mol. The molecule has 0 amide bonds. The summed E-state index contributed by atoms with van der Waals surface area (Å²) in [7, 11) is -1.53. The van der Waals surface area contributed by atoms with Crippen molar-refractivity contribution >= 4 is 23.2 Å². The second-order valence-corrected chi connectivity index (χ2v) is 8.66. The number of nitrogens with zero attached hydrogens (tertiary/aromatic N) is 3. The molecule has 3 nitrogen and oxygen atoms in total. The zero-order valence-corrected chi connectivity index (χ0v) is 18.8. The molecule has 3 aromatic carbocycles. The van der Waals surface area contributed by atoms with Crippen molar-refractivity contribution in [3.8, 4) is 0 Å². The van der Waals surface area contributed by atoms with E-state index in [1.165, 1.54) is 20.8 Å². The van der Waals surface area contributed by atoms with Crippen LogP contribution in [0.2, 0.25) is 0 Å². The van der Waals surface area contributed by atoms with Gasteiger partial charge in [0.15, 0.2) is 0 Å². The summed E-state index contributed by atoms with van der Waals surface area (Å²) < 4.78 is 0. The van der Waals surface area contributed by atoms with E-state index in [1.807, 2.05) is 0 Å². The minimum absolute atomic E-state index is 0. The summed E-state index contributed by atoms with van der Waals surface area (Å²) in [5, 5.41) is 4.28. The van der Waals surface area contributed by atoms with Crippen molar-refractivity contribution in [1.29, 1.82) is 0 Å². The second kappa shape index (κ2) is 12.3. The van der Waals surface area contributed by atoms with Crippen molar-refractivity contribution in [3.63, 3.8) is 0 Å². The van der Waals surface area contributed by atoms with Crippen LogP contribution in [-0.4, -0.2) is 6.66 Å². The standard InChI is InChI=1S/C19H18P.BrH.N3.Na/c1-20(17-11-5-2-6-12-17,18-13-7-3-8-14-18)19-15-9-4-10-16-19;;1-3-2;/h2-16H,1H3;1H;;/q+1;;-1;+1/p-1. The number of hydrogen-bond donors (Lipinski definition) is 0. The average molecular weight is 422 g/mol. The summed E-state index contributed by atoms with van der Waals surface area (Å²) in [6.45, 7) is 2.41. The maximum absolute atomic E-state index is 6.75. The largest absolute Gasteiger partial charge is 1.00 e. The first-order valence-corrected chi connectivity index (χ1v) is 9.49. The van der Waals surface area contributed by atoms with E-state index in [0.717, 1.165) is 0 Å². The van der Waals surface area contributed by atoms with Crippen LogP contribution in [0.15, 0.2) is 91.0 Å². The smallest absolute Gasteiger partial charge is 1.00 e. The maximum atomic E-state index is 6.75. The van der Waals surface area contributed by atoms with Crippen molar-refractivity contribution in [1.82, 2.24) is 0 Å². The quantitative estimate of drug-likeness (QED) is 0.162. The van der Waals surface area contributed by atoms with Gasteiger partial charge in [-0.25, -0.2) is 0 Å². The molecule has 0 radical (unpaired) electrons. The Kier molecular flexibility index (Phi) is 11.7. The Labute approximate surface area is 182 Å². The molecular formula is C19H18BrN3NaP. The van der Waals surface area contributed by atoms with Crippen LogP contribution in [0.3, 0.4) is 0 Å². The molecule has 0 unspecified atom stereocenters. The summed E-state index contributed by atoms with van der Waals surface area (Å²) in [5.41, 5.74) is 13.5. The van der Waals surface area contributed by atoms with Crippen molar-refractivity contribution in [2.24, 2.45) is 0 Å². The molecule has 0 fully saturated rings. The van der Waals surface area contributed by atoms with Gasteiger partial charge in [-0.15, -0.1) is 0 Å². The Balaban J connectivity index is 0.00000108. The minimum atomic E-state index is -1.53. The van der Waals surface area contributed by atoms with Gasteiger partial charge >= 0.3 is 29.6 Å². The van der Waals surface area contributed by atoms with E-state index in [0.29, 0.717) is 0 Å². The molecule has 25 heavy (non-hydrogen) atoms. The Morgan fingerprint density at radius 2 is 0.800 bits per heavy atom. The van der Waals surface area contributed by atoms with E-state index < -0.39 is 7.26 Å². The Bertz CT molecular complexity index is 668. The fourth-order valence-electron chi connectivity index (χ4n) is 2.63. The van der Waals surface area contributed by atoms with Crippen LogP contribution in [0, 0.1) is 0 Å². The van der Waals surface area contributed by atoms with Crippen LogP contribution in [0.4, 0.5) is 0 Å². The monoisotopic (exact) mass is 421 g/mol. The predicted octanol–water partition coefficient (Wildman–Crippen LogP) is -1.52. The van der Waals surface area contributed by atoms with E-state index in [9.17, 15) is 0 Å². The van der Waals surface area contributed by atoms with Crippen LogP contribution in [0.25, 0.3) is 16.0 Å². The zero-order chi connectivity index (χ0) is 16.5. The fraction of sp³-hybridized carbons (Fsp3) is 0.0526. The molecule has 0 bridgehead atoms. The Morgan fingerprint density at radius 3 is 1.00 bits per heavy atom. The molecule has 0 aromatic heterocycles. The number of halogens is 1. The van der Waals surface area contributed by atoms with Crippen molar-refractivity contribution in [2.75, 3.05) is 6.66 Å². The zero-order valence-electron chi connectivity index (χ0n) is 14.3. The maximum Gasteiger partial charge on any atom is 1.00 e. The molecule has 0 spiro atoms. The van der Waals surface area contributed by atoms with Crippen molar-refractivity contribution in [3.05, 3.63) is 107 Å². The van der Waals surface area contributed by atoms with E-state index in [1.54, 1.807) is 0 Å². The van der Waals surface area contributed by atoms with Crippen LogP contribution in [0.1, 0.15) is 0 Å². The summed E-state index contributed by atoms with van der Waals surface area (Å²) in [5.74, 6) is 0. The molecule has 0 aliphatic heterocycles. The van der Waals surface area contributed by atoms with Gasteiger partial charge in [0.1, 0.15) is 23.2 Å². The van der Waals surface area contributed by atoms with E-state index in [-0.39, 0.29) is 46.5 Å². The molecule has 0 saturated carbocycles. The summed E-state index contributed by atoms with van der Waals surface area (Å²) in [6, 6.07) is 32.6. The normalized spacial score (nSPS) is 9.32. The SMILES string of the molecule is C[P+](c1ccccc1)(c1ccccc1)c1ccccc1.[Br-].[N-]=[N+]=[N-].[Na+]. The Morgan fingerprint density at radius 1 is 0.600 bits per heavy atom. The van der Waals surface area contributed by atoms with Gasteiger partial charge in [-0.05, 0) is 36.4 Å². The van der Waals surface area contributed by atoms with Gasteiger partial charge in [-0.3, -0.25) is 4.91 Å². The molecular weight excluding hydrogens is 404 g/mol. The first-order chi connectivity index (χ1) is 11.2. The molecule has 122 valence electrons. The summed E-state index contributed by atoms with van der Waals surface area (Å²) >= 11 is 0. The number of hydrogen-bond acceptors (Lipinski definition) is 0. The second-order valence-electron chi connectivity index (χ2n) is 5.10. The van der Waals surface area contributed by atoms with Crippen LogP contribution in [0.5, 0.6) is 0 Å². The average Bonchev–Trinajstić information content (AvgIpc) is 2.64. The number of rotatable bonds is 3.